The van der Waals surface area contributed by atoms with Gasteiger partial charge in [0.15, 0.2) is 0 Å². The van der Waals surface area contributed by atoms with E-state index >= 15 is 0 Å². The van der Waals surface area contributed by atoms with Crippen LogP contribution in [-0.2, 0) is 10.9 Å². The zero-order valence-electron chi connectivity index (χ0n) is 9.46. The first kappa shape index (κ1) is 13.4. The van der Waals surface area contributed by atoms with Crippen molar-refractivity contribution in [3.63, 3.8) is 0 Å². The van der Waals surface area contributed by atoms with Crippen LogP contribution >= 0.6 is 11.6 Å². The monoisotopic (exact) mass is 281 g/mol. The second-order valence-electron chi connectivity index (χ2n) is 4.01. The standard InChI is InChI=1S/C10H11ClF3N3O/c1-5-6(2-3-18-5)15-8-4-7(11)16-9(17-8)10(12,13)14/h4-6H,2-3H2,1H3,(H,15,16,17). The maximum atomic E-state index is 12.5. The molecule has 1 saturated heterocycles. The summed E-state index contributed by atoms with van der Waals surface area (Å²) < 4.78 is 42.8. The van der Waals surface area contributed by atoms with Gasteiger partial charge in [0.1, 0.15) is 11.0 Å². The summed E-state index contributed by atoms with van der Waals surface area (Å²) >= 11 is 5.56. The summed E-state index contributed by atoms with van der Waals surface area (Å²) in [7, 11) is 0. The van der Waals surface area contributed by atoms with E-state index in [-0.39, 0.29) is 23.1 Å². The Hall–Kier alpha value is -1.08. The van der Waals surface area contributed by atoms with Crippen LogP contribution in [-0.4, -0.2) is 28.7 Å². The summed E-state index contributed by atoms with van der Waals surface area (Å²) in [6.07, 6.45) is -3.98. The smallest absolute Gasteiger partial charge is 0.376 e. The first-order chi connectivity index (χ1) is 8.36. The summed E-state index contributed by atoms with van der Waals surface area (Å²) in [5.74, 6) is -1.19. The molecule has 1 N–H and O–H groups in total. The number of hydrogen-bond acceptors (Lipinski definition) is 4. The fourth-order valence-electron chi connectivity index (χ4n) is 1.73. The minimum absolute atomic E-state index is 0.0599. The lowest BCUT2D eigenvalue weighted by atomic mass is 10.1. The minimum Gasteiger partial charge on any atom is -0.376 e. The summed E-state index contributed by atoms with van der Waals surface area (Å²) in [6.45, 7) is 2.42. The maximum Gasteiger partial charge on any atom is 0.451 e. The average Bonchev–Trinajstić information content (AvgIpc) is 2.62. The zero-order chi connectivity index (χ0) is 13.3. The van der Waals surface area contributed by atoms with Gasteiger partial charge in [-0.2, -0.15) is 13.2 Å². The van der Waals surface area contributed by atoms with Crippen LogP contribution in [0.4, 0.5) is 19.0 Å². The lowest BCUT2D eigenvalue weighted by Gasteiger charge is -2.17. The Morgan fingerprint density at radius 3 is 2.72 bits per heavy atom. The van der Waals surface area contributed by atoms with Crippen LogP contribution in [0.5, 0.6) is 0 Å². The highest BCUT2D eigenvalue weighted by Crippen LogP contribution is 2.29. The number of aromatic nitrogens is 2. The highest BCUT2D eigenvalue weighted by atomic mass is 35.5. The molecule has 0 radical (unpaired) electrons. The third-order valence-corrected chi connectivity index (χ3v) is 2.85. The van der Waals surface area contributed by atoms with Crippen molar-refractivity contribution in [2.45, 2.75) is 31.7 Å². The quantitative estimate of drug-likeness (QED) is 0.847. The van der Waals surface area contributed by atoms with Crippen LogP contribution in [0, 0.1) is 0 Å². The molecule has 0 saturated carbocycles. The lowest BCUT2D eigenvalue weighted by molar-refractivity contribution is -0.144. The second-order valence-corrected chi connectivity index (χ2v) is 4.40. The Morgan fingerprint density at radius 1 is 1.44 bits per heavy atom. The van der Waals surface area contributed by atoms with Gasteiger partial charge in [-0.05, 0) is 13.3 Å². The van der Waals surface area contributed by atoms with E-state index in [1.54, 1.807) is 0 Å². The van der Waals surface area contributed by atoms with E-state index in [9.17, 15) is 13.2 Å². The van der Waals surface area contributed by atoms with E-state index in [4.69, 9.17) is 16.3 Å². The van der Waals surface area contributed by atoms with Gasteiger partial charge in [-0.1, -0.05) is 11.6 Å². The van der Waals surface area contributed by atoms with Crippen LogP contribution in [0.25, 0.3) is 0 Å². The Balaban J connectivity index is 2.20. The van der Waals surface area contributed by atoms with Crippen LogP contribution in [0.3, 0.4) is 0 Å². The Morgan fingerprint density at radius 2 is 2.17 bits per heavy atom. The molecular weight excluding hydrogens is 271 g/mol. The molecular formula is C10H11ClF3N3O. The van der Waals surface area contributed by atoms with Gasteiger partial charge >= 0.3 is 6.18 Å². The highest BCUT2D eigenvalue weighted by molar-refractivity contribution is 6.29. The van der Waals surface area contributed by atoms with E-state index < -0.39 is 12.0 Å². The molecule has 100 valence electrons. The van der Waals surface area contributed by atoms with E-state index in [1.807, 2.05) is 6.92 Å². The Labute approximate surface area is 107 Å². The van der Waals surface area contributed by atoms with Crippen molar-refractivity contribution in [2.24, 2.45) is 0 Å². The molecule has 0 spiro atoms. The van der Waals surface area contributed by atoms with Crippen molar-refractivity contribution in [1.29, 1.82) is 0 Å². The van der Waals surface area contributed by atoms with E-state index in [0.29, 0.717) is 13.0 Å². The molecule has 2 unspecified atom stereocenters. The maximum absolute atomic E-state index is 12.5. The molecule has 1 aromatic rings. The highest BCUT2D eigenvalue weighted by Gasteiger charge is 2.35. The van der Waals surface area contributed by atoms with Crippen LogP contribution in [0.1, 0.15) is 19.2 Å². The third-order valence-electron chi connectivity index (χ3n) is 2.66. The molecule has 0 amide bonds. The number of nitrogens with one attached hydrogen (secondary N) is 1. The predicted octanol–water partition coefficient (Wildman–Crippen LogP) is 2.74. The molecule has 1 fully saturated rings. The number of alkyl halides is 3. The fraction of sp³-hybridized carbons (Fsp3) is 0.600. The topological polar surface area (TPSA) is 47.0 Å². The molecule has 0 bridgehead atoms. The molecule has 8 heteroatoms. The summed E-state index contributed by atoms with van der Waals surface area (Å²) in [5.41, 5.74) is 0. The fourth-order valence-corrected chi connectivity index (χ4v) is 1.91. The average molecular weight is 282 g/mol. The van der Waals surface area contributed by atoms with Crippen molar-refractivity contribution in [1.82, 2.24) is 9.97 Å². The number of nitrogens with zero attached hydrogens (tertiary/aromatic N) is 2. The van der Waals surface area contributed by atoms with Gasteiger partial charge in [0.05, 0.1) is 12.1 Å². The lowest BCUT2D eigenvalue weighted by Crippen LogP contribution is -2.27. The molecule has 18 heavy (non-hydrogen) atoms. The zero-order valence-corrected chi connectivity index (χ0v) is 10.2. The van der Waals surface area contributed by atoms with E-state index in [0.717, 1.165) is 0 Å². The number of rotatable bonds is 2. The number of anilines is 1. The molecule has 2 rings (SSSR count). The summed E-state index contributed by atoms with van der Waals surface area (Å²) in [4.78, 5) is 6.57. The van der Waals surface area contributed by atoms with Crippen molar-refractivity contribution in [3.05, 3.63) is 17.0 Å². The Bertz CT molecular complexity index is 441. The molecule has 1 aliphatic heterocycles. The van der Waals surface area contributed by atoms with Gasteiger partial charge in [-0.3, -0.25) is 0 Å². The molecule has 0 aliphatic carbocycles. The first-order valence-electron chi connectivity index (χ1n) is 5.36. The SMILES string of the molecule is CC1OCCC1Nc1cc(Cl)nc(C(F)(F)F)n1. The van der Waals surface area contributed by atoms with Gasteiger partial charge in [-0.25, -0.2) is 9.97 Å². The van der Waals surface area contributed by atoms with Gasteiger partial charge in [0.2, 0.25) is 5.82 Å². The summed E-state index contributed by atoms with van der Waals surface area (Å²) in [6, 6.07) is 1.19. The van der Waals surface area contributed by atoms with Gasteiger partial charge in [0, 0.05) is 12.7 Å². The predicted molar refractivity (Wildman–Crippen MR) is 59.5 cm³/mol. The van der Waals surface area contributed by atoms with Crippen LogP contribution in [0.15, 0.2) is 6.07 Å². The second kappa shape index (κ2) is 4.89. The van der Waals surface area contributed by atoms with E-state index in [1.165, 1.54) is 6.07 Å². The Kier molecular flexibility index (Phi) is 3.63. The van der Waals surface area contributed by atoms with Crippen molar-refractivity contribution in [2.75, 3.05) is 11.9 Å². The van der Waals surface area contributed by atoms with Crippen molar-refractivity contribution in [3.8, 4) is 0 Å². The molecule has 1 aliphatic rings. The normalized spacial score (nSPS) is 24.3. The van der Waals surface area contributed by atoms with E-state index in [2.05, 4.69) is 15.3 Å². The van der Waals surface area contributed by atoms with Gasteiger partial charge in [0.25, 0.3) is 0 Å². The van der Waals surface area contributed by atoms with Gasteiger partial charge < -0.3 is 10.1 Å². The number of hydrogen-bond donors (Lipinski definition) is 1. The molecule has 1 aromatic heterocycles. The van der Waals surface area contributed by atoms with Gasteiger partial charge in [-0.15, -0.1) is 0 Å². The van der Waals surface area contributed by atoms with Crippen LogP contribution in [0.2, 0.25) is 5.15 Å². The minimum atomic E-state index is -4.61. The largest absolute Gasteiger partial charge is 0.451 e. The number of halogens is 4. The van der Waals surface area contributed by atoms with Crippen molar-refractivity contribution >= 4 is 17.4 Å². The molecule has 2 heterocycles. The molecule has 2 atom stereocenters. The molecule has 0 aromatic carbocycles. The van der Waals surface area contributed by atoms with Crippen molar-refractivity contribution < 1.29 is 17.9 Å². The first-order valence-corrected chi connectivity index (χ1v) is 5.74. The third kappa shape index (κ3) is 3.02. The molecule has 4 nitrogen and oxygen atoms in total. The van der Waals surface area contributed by atoms with Crippen LogP contribution < -0.4 is 5.32 Å². The summed E-state index contributed by atoms with van der Waals surface area (Å²) in [5, 5.41) is 2.64. The number of ether oxygens (including phenoxy) is 1.